The first-order valence-corrected chi connectivity index (χ1v) is 8.33. The number of hydrogen-bond donors (Lipinski definition) is 2. The van der Waals surface area contributed by atoms with E-state index in [4.69, 9.17) is 8.83 Å². The molecule has 0 bridgehead atoms. The lowest BCUT2D eigenvalue weighted by atomic mass is 10.2. The van der Waals surface area contributed by atoms with Gasteiger partial charge in [0.2, 0.25) is 0 Å². The van der Waals surface area contributed by atoms with Gasteiger partial charge in [0.25, 0.3) is 11.8 Å². The Morgan fingerprint density at radius 3 is 1.58 bits per heavy atom. The number of carbonyl (C=O) groups is 2. The van der Waals surface area contributed by atoms with E-state index in [9.17, 15) is 9.59 Å². The van der Waals surface area contributed by atoms with Crippen LogP contribution in [0.5, 0.6) is 0 Å². The van der Waals surface area contributed by atoms with Gasteiger partial charge in [0.15, 0.2) is 20.9 Å². The Labute approximate surface area is 153 Å². The van der Waals surface area contributed by atoms with Gasteiger partial charge in [-0.3, -0.25) is 9.59 Å². The van der Waals surface area contributed by atoms with Crippen molar-refractivity contribution < 1.29 is 18.4 Å². The lowest BCUT2D eigenvalue weighted by Crippen LogP contribution is -2.13. The average molecular weight is 454 g/mol. The Kier molecular flexibility index (Phi) is 4.86. The quantitative estimate of drug-likeness (QED) is 0.588. The monoisotopic (exact) mass is 452 g/mol. The van der Waals surface area contributed by atoms with Gasteiger partial charge in [-0.25, -0.2) is 0 Å². The molecule has 0 saturated carbocycles. The fourth-order valence-electron chi connectivity index (χ4n) is 1.93. The number of furan rings is 2. The molecule has 6 nitrogen and oxygen atoms in total. The Hall–Kier alpha value is -2.32. The number of nitrogens with one attached hydrogen (secondary N) is 2. The summed E-state index contributed by atoms with van der Waals surface area (Å²) in [5.41, 5.74) is 1.04. The van der Waals surface area contributed by atoms with Gasteiger partial charge in [0.05, 0.1) is 0 Å². The molecule has 0 aliphatic heterocycles. The van der Waals surface area contributed by atoms with Crippen LogP contribution >= 0.6 is 31.9 Å². The molecule has 2 amide bonds. The van der Waals surface area contributed by atoms with E-state index in [-0.39, 0.29) is 23.3 Å². The number of anilines is 2. The molecular formula is C16H10Br2N2O4. The summed E-state index contributed by atoms with van der Waals surface area (Å²) in [5.74, 6) is -0.424. The zero-order chi connectivity index (χ0) is 17.1. The molecule has 0 fully saturated rings. The molecule has 0 unspecified atom stereocenters. The summed E-state index contributed by atoms with van der Waals surface area (Å²) in [7, 11) is 0. The van der Waals surface area contributed by atoms with Gasteiger partial charge in [0.1, 0.15) is 0 Å². The molecule has 3 aromatic rings. The van der Waals surface area contributed by atoms with Crippen LogP contribution in [0.2, 0.25) is 0 Å². The van der Waals surface area contributed by atoms with Crippen LogP contribution in [0.15, 0.2) is 66.7 Å². The van der Waals surface area contributed by atoms with Gasteiger partial charge in [0, 0.05) is 11.4 Å². The van der Waals surface area contributed by atoms with Crippen LogP contribution in [0.3, 0.4) is 0 Å². The van der Waals surface area contributed by atoms with Crippen LogP contribution in [0, 0.1) is 0 Å². The predicted molar refractivity (Wildman–Crippen MR) is 95.2 cm³/mol. The van der Waals surface area contributed by atoms with E-state index >= 15 is 0 Å². The second-order valence-corrected chi connectivity index (χ2v) is 6.26. The van der Waals surface area contributed by atoms with Crippen molar-refractivity contribution in [1.29, 1.82) is 0 Å². The topological polar surface area (TPSA) is 84.5 Å². The lowest BCUT2D eigenvalue weighted by molar-refractivity contribution is 0.0989. The SMILES string of the molecule is O=C(Nc1cccc(NC(=O)c2ccc(Br)o2)c1)c1ccc(Br)o1. The summed E-state index contributed by atoms with van der Waals surface area (Å²) in [4.78, 5) is 24.1. The molecule has 24 heavy (non-hydrogen) atoms. The number of carbonyl (C=O) groups excluding carboxylic acids is 2. The highest BCUT2D eigenvalue weighted by Crippen LogP contribution is 2.20. The van der Waals surface area contributed by atoms with Crippen LogP contribution in [0.25, 0.3) is 0 Å². The number of rotatable bonds is 4. The van der Waals surface area contributed by atoms with Crippen molar-refractivity contribution in [3.8, 4) is 0 Å². The van der Waals surface area contributed by atoms with Gasteiger partial charge in [-0.1, -0.05) is 6.07 Å². The minimum atomic E-state index is -0.390. The zero-order valence-corrected chi connectivity index (χ0v) is 15.2. The second kappa shape index (κ2) is 7.06. The molecule has 2 heterocycles. The smallest absolute Gasteiger partial charge is 0.291 e. The standard InChI is InChI=1S/C16H10Br2N2O4/c17-13-6-4-11(23-13)15(21)19-9-2-1-3-10(8-9)20-16(22)12-5-7-14(18)24-12/h1-8H,(H,19,21)(H,20,22). The third-order valence-electron chi connectivity index (χ3n) is 2.97. The Morgan fingerprint density at radius 1 is 0.750 bits per heavy atom. The number of hydrogen-bond acceptors (Lipinski definition) is 4. The molecule has 122 valence electrons. The van der Waals surface area contributed by atoms with E-state index in [1.165, 1.54) is 0 Å². The van der Waals surface area contributed by atoms with E-state index in [0.717, 1.165) is 0 Å². The van der Waals surface area contributed by atoms with Crippen LogP contribution in [0.4, 0.5) is 11.4 Å². The molecule has 0 saturated heterocycles. The maximum atomic E-state index is 12.1. The summed E-state index contributed by atoms with van der Waals surface area (Å²) in [5, 5.41) is 5.39. The Morgan fingerprint density at radius 2 is 1.21 bits per heavy atom. The first-order valence-electron chi connectivity index (χ1n) is 6.75. The maximum absolute atomic E-state index is 12.1. The minimum Gasteiger partial charge on any atom is -0.444 e. The third-order valence-corrected chi connectivity index (χ3v) is 3.82. The highest BCUT2D eigenvalue weighted by Gasteiger charge is 2.13. The first-order chi connectivity index (χ1) is 11.5. The van der Waals surface area contributed by atoms with Gasteiger partial charge in [-0.05, 0) is 74.3 Å². The first kappa shape index (κ1) is 16.5. The molecule has 2 aromatic heterocycles. The second-order valence-electron chi connectivity index (χ2n) is 4.70. The van der Waals surface area contributed by atoms with Crippen molar-refractivity contribution in [1.82, 2.24) is 0 Å². The zero-order valence-electron chi connectivity index (χ0n) is 12.0. The fraction of sp³-hybridized carbons (Fsp3) is 0. The van der Waals surface area contributed by atoms with Gasteiger partial charge in [-0.2, -0.15) is 0 Å². The normalized spacial score (nSPS) is 10.4. The van der Waals surface area contributed by atoms with Crippen molar-refractivity contribution in [2.75, 3.05) is 10.6 Å². The third kappa shape index (κ3) is 3.95. The van der Waals surface area contributed by atoms with Crippen LogP contribution in [0.1, 0.15) is 21.1 Å². The summed E-state index contributed by atoms with van der Waals surface area (Å²) in [6, 6.07) is 13.1. The molecular weight excluding hydrogens is 444 g/mol. The largest absolute Gasteiger partial charge is 0.444 e. The molecule has 0 atom stereocenters. The van der Waals surface area contributed by atoms with Crippen molar-refractivity contribution in [3.63, 3.8) is 0 Å². The summed E-state index contributed by atoms with van der Waals surface area (Å²) in [6.07, 6.45) is 0. The number of amides is 2. The molecule has 0 aliphatic rings. The van der Waals surface area contributed by atoms with Crippen molar-refractivity contribution in [2.24, 2.45) is 0 Å². The van der Waals surface area contributed by atoms with Crippen molar-refractivity contribution in [2.45, 2.75) is 0 Å². The predicted octanol–water partition coefficient (Wildman–Crippen LogP) is 4.90. The molecule has 1 aromatic carbocycles. The highest BCUT2D eigenvalue weighted by molar-refractivity contribution is 9.10. The average Bonchev–Trinajstić information content (AvgIpc) is 3.16. The molecule has 0 spiro atoms. The van der Waals surface area contributed by atoms with E-state index < -0.39 is 0 Å². The minimum absolute atomic E-state index is 0.178. The van der Waals surface area contributed by atoms with E-state index in [1.807, 2.05) is 0 Å². The van der Waals surface area contributed by atoms with Crippen LogP contribution < -0.4 is 10.6 Å². The van der Waals surface area contributed by atoms with Gasteiger partial charge < -0.3 is 19.5 Å². The molecule has 8 heteroatoms. The Balaban J connectivity index is 1.70. The van der Waals surface area contributed by atoms with E-state index in [2.05, 4.69) is 42.5 Å². The summed E-state index contributed by atoms with van der Waals surface area (Å²) < 4.78 is 11.3. The summed E-state index contributed by atoms with van der Waals surface area (Å²) >= 11 is 6.28. The van der Waals surface area contributed by atoms with E-state index in [0.29, 0.717) is 20.7 Å². The summed E-state index contributed by atoms with van der Waals surface area (Å²) in [6.45, 7) is 0. The fourth-order valence-corrected chi connectivity index (χ4v) is 2.55. The maximum Gasteiger partial charge on any atom is 0.291 e. The molecule has 3 rings (SSSR count). The van der Waals surface area contributed by atoms with Gasteiger partial charge >= 0.3 is 0 Å². The van der Waals surface area contributed by atoms with Crippen LogP contribution in [-0.2, 0) is 0 Å². The number of benzene rings is 1. The lowest BCUT2D eigenvalue weighted by Gasteiger charge is -2.07. The number of halogens is 2. The highest BCUT2D eigenvalue weighted by atomic mass is 79.9. The molecule has 0 aliphatic carbocycles. The van der Waals surface area contributed by atoms with Crippen molar-refractivity contribution in [3.05, 3.63) is 69.4 Å². The van der Waals surface area contributed by atoms with E-state index in [1.54, 1.807) is 48.5 Å². The Bertz CT molecular complexity index is 831. The van der Waals surface area contributed by atoms with Gasteiger partial charge in [-0.15, -0.1) is 0 Å². The van der Waals surface area contributed by atoms with Crippen molar-refractivity contribution >= 4 is 55.0 Å². The molecule has 0 radical (unpaired) electrons. The van der Waals surface area contributed by atoms with Crippen LogP contribution in [-0.4, -0.2) is 11.8 Å². The molecule has 2 N–H and O–H groups in total.